The van der Waals surface area contributed by atoms with E-state index in [1.807, 2.05) is 4.90 Å². The number of amides is 1. The molecule has 16 heavy (non-hydrogen) atoms. The minimum Gasteiger partial charge on any atom is -0.381 e. The van der Waals surface area contributed by atoms with Gasteiger partial charge in [-0.25, -0.2) is 0 Å². The van der Waals surface area contributed by atoms with Gasteiger partial charge in [0.05, 0.1) is 6.04 Å². The highest BCUT2D eigenvalue weighted by Gasteiger charge is 2.26. The molecule has 2 fully saturated rings. The number of nitrogens with two attached hydrogens (primary N) is 1. The lowest BCUT2D eigenvalue weighted by Gasteiger charge is -2.26. The molecule has 0 radical (unpaired) electrons. The Morgan fingerprint density at radius 1 is 1.31 bits per heavy atom. The molecule has 1 unspecified atom stereocenters. The summed E-state index contributed by atoms with van der Waals surface area (Å²) in [5.74, 6) is 0.735. The van der Waals surface area contributed by atoms with Crippen LogP contribution in [0.25, 0.3) is 0 Å². The van der Waals surface area contributed by atoms with E-state index < -0.39 is 0 Å². The largest absolute Gasteiger partial charge is 0.381 e. The molecule has 2 aliphatic rings. The Labute approximate surface area is 97.1 Å². The first kappa shape index (κ1) is 11.9. The van der Waals surface area contributed by atoms with Gasteiger partial charge in [-0.1, -0.05) is 0 Å². The average molecular weight is 226 g/mol. The van der Waals surface area contributed by atoms with Crippen molar-refractivity contribution in [2.24, 2.45) is 11.7 Å². The highest BCUT2D eigenvalue weighted by Crippen LogP contribution is 2.20. The van der Waals surface area contributed by atoms with E-state index in [1.54, 1.807) is 0 Å². The quantitative estimate of drug-likeness (QED) is 0.772. The summed E-state index contributed by atoms with van der Waals surface area (Å²) >= 11 is 0. The summed E-state index contributed by atoms with van der Waals surface area (Å²) < 4.78 is 5.31. The summed E-state index contributed by atoms with van der Waals surface area (Å²) in [6, 6.07) is -0.291. The van der Waals surface area contributed by atoms with Crippen LogP contribution in [-0.2, 0) is 9.53 Å². The Morgan fingerprint density at radius 2 is 1.94 bits per heavy atom. The van der Waals surface area contributed by atoms with Crippen molar-refractivity contribution in [1.82, 2.24) is 4.90 Å². The molecule has 92 valence electrons. The lowest BCUT2D eigenvalue weighted by Crippen LogP contribution is -2.43. The van der Waals surface area contributed by atoms with Gasteiger partial charge >= 0.3 is 0 Å². The zero-order valence-electron chi connectivity index (χ0n) is 9.86. The van der Waals surface area contributed by atoms with Crippen molar-refractivity contribution < 1.29 is 9.53 Å². The van der Waals surface area contributed by atoms with E-state index in [-0.39, 0.29) is 11.9 Å². The zero-order valence-corrected chi connectivity index (χ0v) is 9.86. The number of nitrogens with zero attached hydrogens (tertiary/aromatic N) is 1. The maximum atomic E-state index is 12.0. The second-order valence-electron chi connectivity index (χ2n) is 4.93. The maximum Gasteiger partial charge on any atom is 0.239 e. The summed E-state index contributed by atoms with van der Waals surface area (Å²) in [7, 11) is 0. The van der Waals surface area contributed by atoms with Gasteiger partial charge in [0.15, 0.2) is 0 Å². The van der Waals surface area contributed by atoms with Crippen molar-refractivity contribution in [3.05, 3.63) is 0 Å². The first-order valence-corrected chi connectivity index (χ1v) is 6.39. The monoisotopic (exact) mass is 226 g/mol. The minimum atomic E-state index is -0.291. The SMILES string of the molecule is NC(CC1CCOCC1)C(=O)N1CCCC1. The van der Waals surface area contributed by atoms with Crippen LogP contribution in [0.1, 0.15) is 32.1 Å². The Bertz CT molecular complexity index is 233. The van der Waals surface area contributed by atoms with Crippen molar-refractivity contribution in [3.63, 3.8) is 0 Å². The van der Waals surface area contributed by atoms with E-state index in [4.69, 9.17) is 10.5 Å². The number of hydrogen-bond acceptors (Lipinski definition) is 3. The molecule has 0 aliphatic carbocycles. The molecular formula is C12H22N2O2. The van der Waals surface area contributed by atoms with Crippen LogP contribution in [0, 0.1) is 5.92 Å². The lowest BCUT2D eigenvalue weighted by atomic mass is 9.92. The first-order chi connectivity index (χ1) is 7.77. The Hall–Kier alpha value is -0.610. The molecule has 0 saturated carbocycles. The van der Waals surface area contributed by atoms with Gasteiger partial charge in [0.2, 0.25) is 5.91 Å². The highest BCUT2D eigenvalue weighted by molar-refractivity contribution is 5.81. The highest BCUT2D eigenvalue weighted by atomic mass is 16.5. The van der Waals surface area contributed by atoms with E-state index >= 15 is 0 Å². The molecule has 0 aromatic carbocycles. The molecule has 1 amide bonds. The molecule has 2 saturated heterocycles. The molecule has 0 bridgehead atoms. The predicted molar refractivity (Wildman–Crippen MR) is 61.9 cm³/mol. The molecule has 2 N–H and O–H groups in total. The molecule has 2 heterocycles. The molecule has 4 heteroatoms. The molecule has 0 aromatic rings. The predicted octanol–water partition coefficient (Wildman–Crippen LogP) is 0.753. The minimum absolute atomic E-state index is 0.156. The third kappa shape index (κ3) is 2.95. The standard InChI is InChI=1S/C12H22N2O2/c13-11(9-10-3-7-16-8-4-10)12(15)14-5-1-2-6-14/h10-11H,1-9,13H2. The fourth-order valence-corrected chi connectivity index (χ4v) is 2.61. The van der Waals surface area contributed by atoms with Crippen molar-refractivity contribution in [2.75, 3.05) is 26.3 Å². The topological polar surface area (TPSA) is 55.6 Å². The van der Waals surface area contributed by atoms with Crippen LogP contribution >= 0.6 is 0 Å². The van der Waals surface area contributed by atoms with Gasteiger partial charge in [-0.15, -0.1) is 0 Å². The van der Waals surface area contributed by atoms with Crippen LogP contribution in [0.2, 0.25) is 0 Å². The van der Waals surface area contributed by atoms with E-state index in [1.165, 1.54) is 0 Å². The van der Waals surface area contributed by atoms with Crippen LogP contribution in [0.3, 0.4) is 0 Å². The van der Waals surface area contributed by atoms with Crippen molar-refractivity contribution in [1.29, 1.82) is 0 Å². The molecule has 2 rings (SSSR count). The zero-order chi connectivity index (χ0) is 11.4. The summed E-state index contributed by atoms with van der Waals surface area (Å²) in [6.45, 7) is 3.46. The Balaban J connectivity index is 1.77. The third-order valence-electron chi connectivity index (χ3n) is 3.66. The summed E-state index contributed by atoms with van der Waals surface area (Å²) in [4.78, 5) is 13.9. The van der Waals surface area contributed by atoms with Crippen molar-refractivity contribution >= 4 is 5.91 Å². The van der Waals surface area contributed by atoms with E-state index in [0.29, 0.717) is 5.92 Å². The fourth-order valence-electron chi connectivity index (χ4n) is 2.61. The van der Waals surface area contributed by atoms with Gasteiger partial charge in [0.1, 0.15) is 0 Å². The Morgan fingerprint density at radius 3 is 2.56 bits per heavy atom. The second-order valence-corrected chi connectivity index (χ2v) is 4.93. The van der Waals surface area contributed by atoms with Crippen LogP contribution < -0.4 is 5.73 Å². The molecule has 0 aromatic heterocycles. The van der Waals surface area contributed by atoms with Crippen LogP contribution in [-0.4, -0.2) is 43.2 Å². The van der Waals surface area contributed by atoms with Gasteiger partial charge in [-0.3, -0.25) is 4.79 Å². The fraction of sp³-hybridized carbons (Fsp3) is 0.917. The summed E-state index contributed by atoms with van der Waals surface area (Å²) in [6.07, 6.45) is 5.21. The number of carbonyl (C=O) groups is 1. The van der Waals surface area contributed by atoms with Crippen LogP contribution in [0.15, 0.2) is 0 Å². The van der Waals surface area contributed by atoms with Gasteiger partial charge in [-0.2, -0.15) is 0 Å². The molecule has 2 aliphatic heterocycles. The summed E-state index contributed by atoms with van der Waals surface area (Å²) in [5.41, 5.74) is 6.00. The molecule has 4 nitrogen and oxygen atoms in total. The van der Waals surface area contributed by atoms with Crippen molar-refractivity contribution in [2.45, 2.75) is 38.1 Å². The number of rotatable bonds is 3. The number of ether oxygens (including phenoxy) is 1. The Kier molecular flexibility index (Phi) is 4.18. The average Bonchev–Trinajstić information content (AvgIpc) is 2.83. The summed E-state index contributed by atoms with van der Waals surface area (Å²) in [5, 5.41) is 0. The van der Waals surface area contributed by atoms with Gasteiger partial charge in [0.25, 0.3) is 0 Å². The van der Waals surface area contributed by atoms with Crippen molar-refractivity contribution in [3.8, 4) is 0 Å². The molecule has 0 spiro atoms. The lowest BCUT2D eigenvalue weighted by molar-refractivity contribution is -0.132. The molecule has 1 atom stereocenters. The van der Waals surface area contributed by atoms with E-state index in [9.17, 15) is 4.79 Å². The first-order valence-electron chi connectivity index (χ1n) is 6.39. The second kappa shape index (κ2) is 5.64. The van der Waals surface area contributed by atoms with Crippen LogP contribution in [0.4, 0.5) is 0 Å². The smallest absolute Gasteiger partial charge is 0.239 e. The maximum absolute atomic E-state index is 12.0. The molecular weight excluding hydrogens is 204 g/mol. The van der Waals surface area contributed by atoms with E-state index in [0.717, 1.165) is 58.4 Å². The van der Waals surface area contributed by atoms with Crippen LogP contribution in [0.5, 0.6) is 0 Å². The van der Waals surface area contributed by atoms with Gasteiger partial charge in [0, 0.05) is 26.3 Å². The van der Waals surface area contributed by atoms with Gasteiger partial charge in [-0.05, 0) is 38.0 Å². The number of hydrogen-bond donors (Lipinski definition) is 1. The number of likely N-dealkylation sites (tertiary alicyclic amines) is 1. The third-order valence-corrected chi connectivity index (χ3v) is 3.66. The van der Waals surface area contributed by atoms with E-state index in [2.05, 4.69) is 0 Å². The normalized spacial score (nSPS) is 24.7. The number of carbonyl (C=O) groups excluding carboxylic acids is 1. The van der Waals surface area contributed by atoms with Gasteiger partial charge < -0.3 is 15.4 Å².